The van der Waals surface area contributed by atoms with Gasteiger partial charge < -0.3 is 10.2 Å². The average Bonchev–Trinajstić information content (AvgIpc) is 2.38. The lowest BCUT2D eigenvalue weighted by molar-refractivity contribution is -0.115. The van der Waals surface area contributed by atoms with Crippen molar-refractivity contribution in [3.05, 3.63) is 40.6 Å². The molecule has 1 heterocycles. The summed E-state index contributed by atoms with van der Waals surface area (Å²) < 4.78 is 0. The standard InChI is InChI=1S/C13H13ClN2O2/c1-16(2)7-8-5-12(17)15-11-4-3-9(14)6-10(11)13(8)18/h3-4,6-7H,5H2,1-2H3,(H,15,17). The molecule has 18 heavy (non-hydrogen) atoms. The molecule has 0 aliphatic carbocycles. The summed E-state index contributed by atoms with van der Waals surface area (Å²) in [7, 11) is 3.61. The molecule has 0 atom stereocenters. The van der Waals surface area contributed by atoms with Crippen molar-refractivity contribution < 1.29 is 9.59 Å². The Balaban J connectivity index is 2.54. The zero-order chi connectivity index (χ0) is 13.3. The fraction of sp³-hybridized carbons (Fsp3) is 0.231. The van der Waals surface area contributed by atoms with Gasteiger partial charge in [-0.1, -0.05) is 11.6 Å². The molecular weight excluding hydrogens is 252 g/mol. The molecule has 5 heteroatoms. The number of rotatable bonds is 1. The van der Waals surface area contributed by atoms with E-state index in [1.165, 1.54) is 0 Å². The Morgan fingerprint density at radius 3 is 2.72 bits per heavy atom. The molecule has 0 spiro atoms. The van der Waals surface area contributed by atoms with Gasteiger partial charge in [-0.3, -0.25) is 9.59 Å². The maximum atomic E-state index is 12.3. The van der Waals surface area contributed by atoms with E-state index in [1.807, 2.05) is 14.1 Å². The van der Waals surface area contributed by atoms with Crippen LogP contribution >= 0.6 is 11.6 Å². The molecule has 2 rings (SSSR count). The van der Waals surface area contributed by atoms with Gasteiger partial charge in [0.15, 0.2) is 5.78 Å². The summed E-state index contributed by atoms with van der Waals surface area (Å²) in [5.74, 6) is -0.364. The third-order valence-electron chi connectivity index (χ3n) is 2.56. The zero-order valence-corrected chi connectivity index (χ0v) is 10.9. The maximum absolute atomic E-state index is 12.3. The Morgan fingerprint density at radius 1 is 1.33 bits per heavy atom. The van der Waals surface area contributed by atoms with E-state index < -0.39 is 0 Å². The number of carbonyl (C=O) groups excluding carboxylic acids is 2. The monoisotopic (exact) mass is 264 g/mol. The SMILES string of the molecule is CN(C)C=C1CC(=O)Nc2ccc(Cl)cc2C1=O. The number of ketones is 1. The Labute approximate surface area is 110 Å². The highest BCUT2D eigenvalue weighted by atomic mass is 35.5. The quantitative estimate of drug-likeness (QED) is 0.792. The predicted octanol–water partition coefficient (Wildman–Crippen LogP) is 2.31. The van der Waals surface area contributed by atoms with Gasteiger partial charge in [-0.05, 0) is 18.2 Å². The van der Waals surface area contributed by atoms with E-state index >= 15 is 0 Å². The number of fused-ring (bicyclic) bond motifs is 1. The summed E-state index contributed by atoms with van der Waals surface area (Å²) in [4.78, 5) is 25.8. The Bertz CT molecular complexity index is 550. The smallest absolute Gasteiger partial charge is 0.229 e. The molecule has 0 bridgehead atoms. The van der Waals surface area contributed by atoms with Crippen LogP contribution in [0.15, 0.2) is 30.0 Å². The Hall–Kier alpha value is -1.81. The first-order chi connectivity index (χ1) is 8.47. The minimum atomic E-state index is -0.197. The molecule has 0 radical (unpaired) electrons. The lowest BCUT2D eigenvalue weighted by Crippen LogP contribution is -2.12. The molecule has 0 aromatic heterocycles. The van der Waals surface area contributed by atoms with Crippen LogP contribution in [-0.2, 0) is 4.79 Å². The first kappa shape index (κ1) is 12.6. The van der Waals surface area contributed by atoms with Crippen LogP contribution in [0, 0.1) is 0 Å². The van der Waals surface area contributed by atoms with Crippen LogP contribution in [0.25, 0.3) is 0 Å². The fourth-order valence-corrected chi connectivity index (χ4v) is 2.02. The molecule has 1 aliphatic heterocycles. The summed E-state index contributed by atoms with van der Waals surface area (Å²) >= 11 is 5.89. The van der Waals surface area contributed by atoms with Crippen molar-refractivity contribution in [2.24, 2.45) is 0 Å². The van der Waals surface area contributed by atoms with Crippen molar-refractivity contribution in [3.63, 3.8) is 0 Å². The number of benzene rings is 1. The second kappa shape index (κ2) is 4.82. The Kier molecular flexibility index (Phi) is 3.39. The number of hydrogen-bond acceptors (Lipinski definition) is 3. The summed E-state index contributed by atoms with van der Waals surface area (Å²) in [6, 6.07) is 4.87. The zero-order valence-electron chi connectivity index (χ0n) is 10.2. The second-order valence-corrected chi connectivity index (χ2v) is 4.80. The highest BCUT2D eigenvalue weighted by molar-refractivity contribution is 6.31. The van der Waals surface area contributed by atoms with Gasteiger partial charge in [0, 0.05) is 36.5 Å². The number of hydrogen-bond donors (Lipinski definition) is 1. The van der Waals surface area contributed by atoms with Gasteiger partial charge in [-0.25, -0.2) is 0 Å². The second-order valence-electron chi connectivity index (χ2n) is 4.36. The average molecular weight is 265 g/mol. The molecule has 0 saturated heterocycles. The van der Waals surface area contributed by atoms with Crippen molar-refractivity contribution in [2.75, 3.05) is 19.4 Å². The summed E-state index contributed by atoms with van der Waals surface area (Å²) in [5.41, 5.74) is 1.40. The third kappa shape index (κ3) is 2.54. The third-order valence-corrected chi connectivity index (χ3v) is 2.79. The number of halogens is 1. The highest BCUT2D eigenvalue weighted by Crippen LogP contribution is 2.27. The summed E-state index contributed by atoms with van der Waals surface area (Å²) in [6.45, 7) is 0. The van der Waals surface area contributed by atoms with Gasteiger partial charge in [0.2, 0.25) is 5.91 Å². The van der Waals surface area contributed by atoms with Crippen LogP contribution in [0.2, 0.25) is 5.02 Å². The first-order valence-electron chi connectivity index (χ1n) is 5.48. The van der Waals surface area contributed by atoms with Crippen LogP contribution in [0.3, 0.4) is 0 Å². The molecule has 0 saturated carbocycles. The molecule has 1 aromatic rings. The lowest BCUT2D eigenvalue weighted by atomic mass is 10.0. The molecule has 0 fully saturated rings. The predicted molar refractivity (Wildman–Crippen MR) is 70.8 cm³/mol. The van der Waals surface area contributed by atoms with E-state index in [0.717, 1.165) is 0 Å². The lowest BCUT2D eigenvalue weighted by Gasteiger charge is -2.08. The number of amides is 1. The van der Waals surface area contributed by atoms with Crippen molar-refractivity contribution in [2.45, 2.75) is 6.42 Å². The molecule has 1 amide bonds. The van der Waals surface area contributed by atoms with E-state index in [9.17, 15) is 9.59 Å². The van der Waals surface area contributed by atoms with Crippen LogP contribution in [0.5, 0.6) is 0 Å². The molecule has 4 nitrogen and oxygen atoms in total. The van der Waals surface area contributed by atoms with Gasteiger partial charge in [-0.2, -0.15) is 0 Å². The number of nitrogens with zero attached hydrogens (tertiary/aromatic N) is 1. The van der Waals surface area contributed by atoms with Crippen LogP contribution in [-0.4, -0.2) is 30.7 Å². The van der Waals surface area contributed by atoms with E-state index in [-0.39, 0.29) is 18.1 Å². The number of nitrogens with one attached hydrogen (secondary N) is 1. The highest BCUT2D eigenvalue weighted by Gasteiger charge is 2.24. The minimum Gasteiger partial charge on any atom is -0.383 e. The fourth-order valence-electron chi connectivity index (χ4n) is 1.85. The Morgan fingerprint density at radius 2 is 2.06 bits per heavy atom. The number of Topliss-reactive ketones (excluding diaryl/α,β-unsaturated/α-hetero) is 1. The normalized spacial score (nSPS) is 17.2. The van der Waals surface area contributed by atoms with Gasteiger partial charge >= 0.3 is 0 Å². The number of anilines is 1. The first-order valence-corrected chi connectivity index (χ1v) is 5.86. The molecule has 1 aromatic carbocycles. The van der Waals surface area contributed by atoms with Crippen molar-refractivity contribution in [3.8, 4) is 0 Å². The van der Waals surface area contributed by atoms with E-state index in [2.05, 4.69) is 5.32 Å². The molecule has 1 N–H and O–H groups in total. The van der Waals surface area contributed by atoms with E-state index in [0.29, 0.717) is 21.8 Å². The van der Waals surface area contributed by atoms with E-state index in [4.69, 9.17) is 11.6 Å². The minimum absolute atomic E-state index is 0.0727. The van der Waals surface area contributed by atoms with Crippen LogP contribution in [0.4, 0.5) is 5.69 Å². The van der Waals surface area contributed by atoms with Gasteiger partial charge in [0.1, 0.15) is 0 Å². The number of carbonyl (C=O) groups is 2. The molecular formula is C13H13ClN2O2. The summed E-state index contributed by atoms with van der Waals surface area (Å²) in [5, 5.41) is 3.18. The van der Waals surface area contributed by atoms with Crippen molar-refractivity contribution in [1.29, 1.82) is 0 Å². The van der Waals surface area contributed by atoms with Crippen LogP contribution in [0.1, 0.15) is 16.8 Å². The van der Waals surface area contributed by atoms with Gasteiger partial charge in [0.25, 0.3) is 0 Å². The summed E-state index contributed by atoms with van der Waals surface area (Å²) in [6.07, 6.45) is 1.74. The van der Waals surface area contributed by atoms with Gasteiger partial charge in [0.05, 0.1) is 12.1 Å². The van der Waals surface area contributed by atoms with Crippen molar-refractivity contribution in [1.82, 2.24) is 4.90 Å². The molecule has 1 aliphatic rings. The topological polar surface area (TPSA) is 49.4 Å². The molecule has 0 unspecified atom stereocenters. The van der Waals surface area contributed by atoms with Crippen LogP contribution < -0.4 is 5.32 Å². The van der Waals surface area contributed by atoms with Crippen molar-refractivity contribution >= 4 is 29.0 Å². The molecule has 94 valence electrons. The van der Waals surface area contributed by atoms with Gasteiger partial charge in [-0.15, -0.1) is 0 Å². The maximum Gasteiger partial charge on any atom is 0.229 e. The van der Waals surface area contributed by atoms with E-state index in [1.54, 1.807) is 29.3 Å². The largest absolute Gasteiger partial charge is 0.383 e.